The van der Waals surface area contributed by atoms with Crippen LogP contribution in [0.4, 0.5) is 0 Å². The van der Waals surface area contributed by atoms with Crippen LogP contribution in [0.1, 0.15) is 68.9 Å². The van der Waals surface area contributed by atoms with E-state index in [0.29, 0.717) is 29.3 Å². The van der Waals surface area contributed by atoms with E-state index in [0.717, 1.165) is 57.4 Å². The number of carbonyl (C=O) groups excluding carboxylic acids is 1. The van der Waals surface area contributed by atoms with Crippen molar-refractivity contribution in [3.8, 4) is 16.9 Å². The fraction of sp³-hybridized carbons (Fsp3) is 0.222. The third kappa shape index (κ3) is 5.53. The lowest BCUT2D eigenvalue weighted by atomic mass is 9.99. The molecule has 1 heterocycles. The summed E-state index contributed by atoms with van der Waals surface area (Å²) in [5.41, 5.74) is 7.96. The summed E-state index contributed by atoms with van der Waals surface area (Å²) in [5, 5.41) is 13.8. The number of hydrogen-bond donors (Lipinski definition) is 2. The lowest BCUT2D eigenvalue weighted by Gasteiger charge is -2.16. The van der Waals surface area contributed by atoms with Crippen LogP contribution in [0.25, 0.3) is 22.0 Å². The fourth-order valence-corrected chi connectivity index (χ4v) is 5.49. The van der Waals surface area contributed by atoms with Crippen LogP contribution in [0.5, 0.6) is 5.75 Å². The SMILES string of the molecule is Cc1c(C)n(Cc2ccc(-c3ccccc3C(=O)O)cc2)c2ccc(C(=O)N[C@@H](C)c3cccc(OC4CC4)c3)cc12. The summed E-state index contributed by atoms with van der Waals surface area (Å²) in [4.78, 5) is 24.9. The van der Waals surface area contributed by atoms with E-state index >= 15 is 0 Å². The largest absolute Gasteiger partial charge is 0.490 e. The Morgan fingerprint density at radius 2 is 1.71 bits per heavy atom. The smallest absolute Gasteiger partial charge is 0.336 e. The first-order chi connectivity index (χ1) is 20.3. The van der Waals surface area contributed by atoms with Gasteiger partial charge in [0.1, 0.15) is 5.75 Å². The third-order valence-corrected chi connectivity index (χ3v) is 8.20. The molecule has 1 atom stereocenters. The van der Waals surface area contributed by atoms with Crippen molar-refractivity contribution in [1.82, 2.24) is 9.88 Å². The molecule has 1 fully saturated rings. The maximum absolute atomic E-state index is 13.3. The third-order valence-electron chi connectivity index (χ3n) is 8.20. The molecule has 0 spiro atoms. The Balaban J connectivity index is 1.20. The molecular weight excluding hydrogens is 524 g/mol. The number of carbonyl (C=O) groups is 2. The van der Waals surface area contributed by atoms with Crippen molar-refractivity contribution in [1.29, 1.82) is 0 Å². The summed E-state index contributed by atoms with van der Waals surface area (Å²) in [6.45, 7) is 6.85. The first-order valence-corrected chi connectivity index (χ1v) is 14.4. The highest BCUT2D eigenvalue weighted by molar-refractivity contribution is 5.99. The van der Waals surface area contributed by atoms with Crippen LogP contribution in [0, 0.1) is 13.8 Å². The summed E-state index contributed by atoms with van der Waals surface area (Å²) < 4.78 is 8.19. The van der Waals surface area contributed by atoms with E-state index in [9.17, 15) is 14.7 Å². The maximum atomic E-state index is 13.3. The molecule has 212 valence electrons. The van der Waals surface area contributed by atoms with Crippen LogP contribution in [-0.4, -0.2) is 27.7 Å². The van der Waals surface area contributed by atoms with Gasteiger partial charge in [0, 0.05) is 28.7 Å². The molecule has 4 aromatic carbocycles. The van der Waals surface area contributed by atoms with Crippen molar-refractivity contribution in [2.75, 3.05) is 0 Å². The Morgan fingerprint density at radius 1 is 0.952 bits per heavy atom. The van der Waals surface area contributed by atoms with E-state index in [4.69, 9.17) is 4.74 Å². The Morgan fingerprint density at radius 3 is 2.45 bits per heavy atom. The van der Waals surface area contributed by atoms with Crippen molar-refractivity contribution in [3.05, 3.63) is 125 Å². The molecule has 1 aromatic heterocycles. The van der Waals surface area contributed by atoms with Gasteiger partial charge in [-0.1, -0.05) is 54.6 Å². The second kappa shape index (κ2) is 11.2. The number of ether oxygens (including phenoxy) is 1. The molecule has 0 saturated heterocycles. The zero-order valence-electron chi connectivity index (χ0n) is 24.1. The molecule has 6 rings (SSSR count). The molecule has 1 saturated carbocycles. The minimum atomic E-state index is -0.935. The van der Waals surface area contributed by atoms with E-state index in [-0.39, 0.29) is 11.9 Å². The van der Waals surface area contributed by atoms with Crippen molar-refractivity contribution in [2.24, 2.45) is 0 Å². The monoisotopic (exact) mass is 558 g/mol. The number of hydrogen-bond acceptors (Lipinski definition) is 3. The lowest BCUT2D eigenvalue weighted by Crippen LogP contribution is -2.26. The Hall–Kier alpha value is -4.84. The van der Waals surface area contributed by atoms with E-state index in [1.807, 2.05) is 85.8 Å². The van der Waals surface area contributed by atoms with Gasteiger partial charge in [0.25, 0.3) is 5.91 Å². The van der Waals surface area contributed by atoms with Crippen molar-refractivity contribution >= 4 is 22.8 Å². The first-order valence-electron chi connectivity index (χ1n) is 14.4. The molecule has 2 N–H and O–H groups in total. The highest BCUT2D eigenvalue weighted by Crippen LogP contribution is 2.30. The quantitative estimate of drug-likeness (QED) is 0.194. The zero-order valence-corrected chi connectivity index (χ0v) is 24.1. The van der Waals surface area contributed by atoms with E-state index < -0.39 is 5.97 Å². The number of nitrogens with zero attached hydrogens (tertiary/aromatic N) is 1. The molecule has 1 aliphatic carbocycles. The number of fused-ring (bicyclic) bond motifs is 1. The molecule has 0 aliphatic heterocycles. The minimum absolute atomic E-state index is 0.111. The van der Waals surface area contributed by atoms with Crippen molar-refractivity contribution < 1.29 is 19.4 Å². The Bertz CT molecular complexity index is 1800. The second-order valence-corrected chi connectivity index (χ2v) is 11.2. The van der Waals surface area contributed by atoms with Crippen LogP contribution in [0.3, 0.4) is 0 Å². The normalized spacial score (nSPS) is 13.6. The predicted octanol–water partition coefficient (Wildman–Crippen LogP) is 7.70. The highest BCUT2D eigenvalue weighted by Gasteiger charge is 2.24. The van der Waals surface area contributed by atoms with Gasteiger partial charge in [-0.3, -0.25) is 4.79 Å². The molecule has 6 heteroatoms. The predicted molar refractivity (Wildman–Crippen MR) is 165 cm³/mol. The number of rotatable bonds is 9. The summed E-state index contributed by atoms with van der Waals surface area (Å²) >= 11 is 0. The molecule has 0 unspecified atom stereocenters. The standard InChI is InChI=1S/C36H34N2O4/c1-22-24(3)38(21-25-11-13-26(14-12-25)31-9-4-5-10-32(31)36(40)41)34-18-15-28(20-33(22)34)35(39)37-23(2)27-7-6-8-30(19-27)42-29-16-17-29/h4-15,18-20,23,29H,16-17,21H2,1-3H3,(H,37,39)(H,40,41)/t23-/m0/s1. The molecule has 6 nitrogen and oxygen atoms in total. The van der Waals surface area contributed by atoms with Crippen molar-refractivity contribution in [3.63, 3.8) is 0 Å². The molecule has 42 heavy (non-hydrogen) atoms. The van der Waals surface area contributed by atoms with Crippen LogP contribution >= 0.6 is 0 Å². The number of benzene rings is 4. The van der Waals surface area contributed by atoms with Gasteiger partial charge in [0.15, 0.2) is 0 Å². The Kier molecular flexibility index (Phi) is 7.29. The Labute approximate surface area is 245 Å². The van der Waals surface area contributed by atoms with Gasteiger partial charge < -0.3 is 19.7 Å². The number of carboxylic acid groups (broad SMARTS) is 1. The lowest BCUT2D eigenvalue weighted by molar-refractivity contribution is 0.0697. The number of amides is 1. The minimum Gasteiger partial charge on any atom is -0.490 e. The molecular formula is C36H34N2O4. The number of aryl methyl sites for hydroxylation is 1. The van der Waals surface area contributed by atoms with Gasteiger partial charge in [-0.25, -0.2) is 4.79 Å². The van der Waals surface area contributed by atoms with Crippen LogP contribution < -0.4 is 10.1 Å². The second-order valence-electron chi connectivity index (χ2n) is 11.2. The van der Waals surface area contributed by atoms with Gasteiger partial charge in [0.05, 0.1) is 17.7 Å². The summed E-state index contributed by atoms with van der Waals surface area (Å²) in [7, 11) is 0. The summed E-state index contributed by atoms with van der Waals surface area (Å²) in [5.74, 6) is -0.195. The molecule has 1 amide bonds. The van der Waals surface area contributed by atoms with Gasteiger partial charge in [-0.15, -0.1) is 0 Å². The average Bonchev–Trinajstić information content (AvgIpc) is 3.79. The van der Waals surface area contributed by atoms with Gasteiger partial charge in [-0.05, 0) is 97.8 Å². The number of nitrogens with one attached hydrogen (secondary N) is 1. The molecule has 0 radical (unpaired) electrons. The highest BCUT2D eigenvalue weighted by atomic mass is 16.5. The van der Waals surface area contributed by atoms with E-state index in [1.165, 1.54) is 0 Å². The van der Waals surface area contributed by atoms with Crippen molar-refractivity contribution in [2.45, 2.75) is 52.3 Å². The van der Waals surface area contributed by atoms with Gasteiger partial charge in [0.2, 0.25) is 0 Å². The summed E-state index contributed by atoms with van der Waals surface area (Å²) in [6.07, 6.45) is 2.54. The maximum Gasteiger partial charge on any atom is 0.336 e. The number of aromatic nitrogens is 1. The number of aromatic carboxylic acids is 1. The van der Waals surface area contributed by atoms with Crippen LogP contribution in [-0.2, 0) is 6.54 Å². The summed E-state index contributed by atoms with van der Waals surface area (Å²) in [6, 6.07) is 28.8. The average molecular weight is 559 g/mol. The van der Waals surface area contributed by atoms with Gasteiger partial charge in [-0.2, -0.15) is 0 Å². The van der Waals surface area contributed by atoms with Crippen LogP contribution in [0.15, 0.2) is 91.0 Å². The van der Waals surface area contributed by atoms with E-state index in [2.05, 4.69) is 23.7 Å². The zero-order chi connectivity index (χ0) is 29.4. The van der Waals surface area contributed by atoms with Gasteiger partial charge >= 0.3 is 5.97 Å². The fourth-order valence-electron chi connectivity index (χ4n) is 5.49. The molecule has 5 aromatic rings. The molecule has 0 bridgehead atoms. The topological polar surface area (TPSA) is 80.6 Å². The first kappa shape index (κ1) is 27.3. The van der Waals surface area contributed by atoms with E-state index in [1.54, 1.807) is 12.1 Å². The van der Waals surface area contributed by atoms with Crippen LogP contribution in [0.2, 0.25) is 0 Å². The number of carboxylic acids is 1. The molecule has 1 aliphatic rings.